The van der Waals surface area contributed by atoms with Crippen LogP contribution in [0.4, 0.5) is 0 Å². The zero-order valence-electron chi connectivity index (χ0n) is 12.3. The summed E-state index contributed by atoms with van der Waals surface area (Å²) in [4.78, 5) is 15.9. The Morgan fingerprint density at radius 1 is 1.36 bits per heavy atom. The van der Waals surface area contributed by atoms with Crippen molar-refractivity contribution in [3.63, 3.8) is 0 Å². The molecule has 0 amide bonds. The fourth-order valence-electron chi connectivity index (χ4n) is 1.94. The van der Waals surface area contributed by atoms with Gasteiger partial charge in [0.15, 0.2) is 0 Å². The summed E-state index contributed by atoms with van der Waals surface area (Å²) in [6.45, 7) is 5.99. The number of sulfonamides is 1. The Morgan fingerprint density at radius 3 is 2.82 bits per heavy atom. The second-order valence-electron chi connectivity index (χ2n) is 5.05. The predicted octanol–water partition coefficient (Wildman–Crippen LogP) is 1.62. The zero-order chi connectivity index (χ0) is 16.2. The lowest BCUT2D eigenvalue weighted by molar-refractivity contribution is -0.142. The zero-order valence-corrected chi connectivity index (χ0v) is 13.1. The average Bonchev–Trinajstić information content (AvgIpc) is 2.73. The van der Waals surface area contributed by atoms with E-state index in [2.05, 4.69) is 16.3 Å². The van der Waals surface area contributed by atoms with Crippen molar-refractivity contribution in [2.75, 3.05) is 13.2 Å². The molecule has 1 aromatic carbocycles. The lowest BCUT2D eigenvalue weighted by atomic mass is 10.2. The van der Waals surface area contributed by atoms with E-state index in [1.807, 2.05) is 0 Å². The van der Waals surface area contributed by atoms with Crippen LogP contribution in [-0.4, -0.2) is 33.4 Å². The first-order valence-corrected chi connectivity index (χ1v) is 8.35. The van der Waals surface area contributed by atoms with Crippen molar-refractivity contribution >= 4 is 21.8 Å². The van der Waals surface area contributed by atoms with Crippen molar-refractivity contribution in [3.05, 3.63) is 42.0 Å². The number of fused-ring (bicyclic) bond motifs is 1. The third-order valence-electron chi connectivity index (χ3n) is 2.95. The van der Waals surface area contributed by atoms with Crippen molar-refractivity contribution in [1.82, 2.24) is 4.72 Å². The number of hydrogen-bond acceptors (Lipinski definition) is 5. The molecule has 22 heavy (non-hydrogen) atoms. The summed E-state index contributed by atoms with van der Waals surface area (Å²) in [5.41, 5.74) is 1.35. The van der Waals surface area contributed by atoms with Crippen LogP contribution in [0.3, 0.4) is 0 Å². The summed E-state index contributed by atoms with van der Waals surface area (Å²) in [6, 6.07) is 6.66. The largest absolute Gasteiger partial charge is 0.461 e. The molecular weight excluding hydrogens is 304 g/mol. The van der Waals surface area contributed by atoms with Crippen LogP contribution in [0.1, 0.15) is 25.3 Å². The number of carbonyl (C=O) groups is 1. The molecule has 6 nitrogen and oxygen atoms in total. The van der Waals surface area contributed by atoms with Crippen LogP contribution < -0.4 is 4.72 Å². The van der Waals surface area contributed by atoms with Crippen molar-refractivity contribution in [1.29, 1.82) is 0 Å². The Bertz CT molecular complexity index is 723. The van der Waals surface area contributed by atoms with E-state index in [0.29, 0.717) is 24.4 Å². The number of carbonyl (C=O) groups excluding carboxylic acids is 1. The summed E-state index contributed by atoms with van der Waals surface area (Å²) in [6.07, 6.45) is 0.723. The van der Waals surface area contributed by atoms with Gasteiger partial charge in [0.05, 0.1) is 4.90 Å². The standard InChI is InChI=1S/C15H18N2O4S/c1-11(2)10-21-14(18)8-5-9-16-15-12-6-3-4-7-13(12)22(19,20)17-15/h3-4,6-7H,1,5,8-10H2,2H3,(H,16,17). The number of ether oxygens (including phenoxy) is 1. The third-order valence-corrected chi connectivity index (χ3v) is 4.35. The van der Waals surface area contributed by atoms with Crippen LogP contribution in [0.25, 0.3) is 0 Å². The van der Waals surface area contributed by atoms with E-state index >= 15 is 0 Å². The van der Waals surface area contributed by atoms with Crippen molar-refractivity contribution in [2.45, 2.75) is 24.7 Å². The van der Waals surface area contributed by atoms with Gasteiger partial charge in [-0.1, -0.05) is 18.7 Å². The number of esters is 1. The highest BCUT2D eigenvalue weighted by atomic mass is 32.2. The highest BCUT2D eigenvalue weighted by Crippen LogP contribution is 2.22. The molecule has 1 aromatic rings. The van der Waals surface area contributed by atoms with Gasteiger partial charge < -0.3 is 4.74 Å². The molecule has 0 spiro atoms. The first-order valence-electron chi connectivity index (χ1n) is 6.87. The van der Waals surface area contributed by atoms with Crippen molar-refractivity contribution in [2.24, 2.45) is 4.99 Å². The lowest BCUT2D eigenvalue weighted by Gasteiger charge is -2.03. The van der Waals surface area contributed by atoms with E-state index in [1.165, 1.54) is 6.07 Å². The number of rotatable bonds is 6. The summed E-state index contributed by atoms with van der Waals surface area (Å²) in [5, 5.41) is 0. The minimum atomic E-state index is -3.51. The second kappa shape index (κ2) is 6.74. The van der Waals surface area contributed by atoms with Crippen LogP contribution in [0, 0.1) is 0 Å². The minimum absolute atomic E-state index is 0.223. The maximum atomic E-state index is 11.9. The van der Waals surface area contributed by atoms with Gasteiger partial charge >= 0.3 is 5.97 Å². The molecule has 1 aliphatic rings. The molecule has 0 aliphatic carbocycles. The molecule has 0 bridgehead atoms. The Morgan fingerprint density at radius 2 is 2.09 bits per heavy atom. The summed E-state index contributed by atoms with van der Waals surface area (Å²) >= 11 is 0. The number of hydrogen-bond donors (Lipinski definition) is 1. The Labute approximate surface area is 130 Å². The Kier molecular flexibility index (Phi) is 4.97. The van der Waals surface area contributed by atoms with Crippen LogP contribution in [0.5, 0.6) is 0 Å². The Hall–Kier alpha value is -2.15. The van der Waals surface area contributed by atoms with Gasteiger partial charge in [0.1, 0.15) is 12.4 Å². The third kappa shape index (κ3) is 3.94. The number of aliphatic imine (C=N–C) groups is 1. The number of nitrogens with one attached hydrogen (secondary N) is 1. The van der Waals surface area contributed by atoms with Crippen LogP contribution >= 0.6 is 0 Å². The van der Waals surface area contributed by atoms with Crippen LogP contribution in [0.2, 0.25) is 0 Å². The van der Waals surface area contributed by atoms with Crippen LogP contribution in [0.15, 0.2) is 46.3 Å². The fourth-order valence-corrected chi connectivity index (χ4v) is 3.19. The van der Waals surface area contributed by atoms with E-state index < -0.39 is 10.0 Å². The van der Waals surface area contributed by atoms with Gasteiger partial charge in [0.25, 0.3) is 10.0 Å². The van der Waals surface area contributed by atoms with Gasteiger partial charge in [-0.15, -0.1) is 0 Å². The molecule has 0 unspecified atom stereocenters. The molecule has 0 saturated heterocycles. The molecule has 0 radical (unpaired) electrons. The summed E-state index contributed by atoms with van der Waals surface area (Å²) in [5.74, 6) is 0.0153. The molecule has 0 fully saturated rings. The quantitative estimate of drug-likeness (QED) is 0.490. The molecule has 1 N–H and O–H groups in total. The first-order chi connectivity index (χ1) is 10.4. The normalized spacial score (nSPS) is 16.9. The van der Waals surface area contributed by atoms with Gasteiger partial charge in [0.2, 0.25) is 0 Å². The minimum Gasteiger partial charge on any atom is -0.461 e. The van der Waals surface area contributed by atoms with Gasteiger partial charge in [-0.2, -0.15) is 0 Å². The first kappa shape index (κ1) is 16.2. The highest BCUT2D eigenvalue weighted by Gasteiger charge is 2.29. The molecule has 1 aliphatic heterocycles. The maximum Gasteiger partial charge on any atom is 0.306 e. The Balaban J connectivity index is 1.90. The maximum absolute atomic E-state index is 11.9. The molecule has 118 valence electrons. The molecule has 0 atom stereocenters. The summed E-state index contributed by atoms with van der Waals surface area (Å²) < 4.78 is 31.1. The molecule has 7 heteroatoms. The van der Waals surface area contributed by atoms with E-state index in [4.69, 9.17) is 4.74 Å². The van der Waals surface area contributed by atoms with Gasteiger partial charge in [0, 0.05) is 18.5 Å². The average molecular weight is 322 g/mol. The lowest BCUT2D eigenvalue weighted by Crippen LogP contribution is -2.22. The summed E-state index contributed by atoms with van der Waals surface area (Å²) in [7, 11) is -3.51. The molecular formula is C15H18N2O4S. The highest BCUT2D eigenvalue weighted by molar-refractivity contribution is 7.90. The predicted molar refractivity (Wildman–Crippen MR) is 83.2 cm³/mol. The number of amidine groups is 1. The van der Waals surface area contributed by atoms with Crippen LogP contribution in [-0.2, 0) is 19.6 Å². The molecule has 1 heterocycles. The van der Waals surface area contributed by atoms with E-state index in [9.17, 15) is 13.2 Å². The molecule has 2 rings (SSSR count). The topological polar surface area (TPSA) is 84.8 Å². The van der Waals surface area contributed by atoms with Crippen molar-refractivity contribution < 1.29 is 17.9 Å². The SMILES string of the molecule is C=C(C)COC(=O)CCCN=C1NS(=O)(=O)c2ccccc21. The molecule has 0 aromatic heterocycles. The smallest absolute Gasteiger partial charge is 0.306 e. The van der Waals surface area contributed by atoms with E-state index in [0.717, 1.165) is 5.57 Å². The van der Waals surface area contributed by atoms with E-state index in [1.54, 1.807) is 25.1 Å². The molecule has 0 saturated carbocycles. The van der Waals surface area contributed by atoms with Crippen molar-refractivity contribution in [3.8, 4) is 0 Å². The van der Waals surface area contributed by atoms with Gasteiger partial charge in [-0.25, -0.2) is 8.42 Å². The number of nitrogens with zero attached hydrogens (tertiary/aromatic N) is 1. The fraction of sp³-hybridized carbons (Fsp3) is 0.333. The van der Waals surface area contributed by atoms with Gasteiger partial charge in [-0.3, -0.25) is 14.5 Å². The number of benzene rings is 1. The second-order valence-corrected chi connectivity index (χ2v) is 6.70. The van der Waals surface area contributed by atoms with Gasteiger partial charge in [-0.05, 0) is 31.1 Å². The monoisotopic (exact) mass is 322 g/mol. The van der Waals surface area contributed by atoms with E-state index in [-0.39, 0.29) is 23.9 Å².